The summed E-state index contributed by atoms with van der Waals surface area (Å²) in [5, 5.41) is 20.8. The second kappa shape index (κ2) is 10.6. The third kappa shape index (κ3) is 5.06. The fourth-order valence-corrected chi connectivity index (χ4v) is 4.93. The van der Waals surface area contributed by atoms with Gasteiger partial charge in [-0.1, -0.05) is 48.5 Å². The van der Waals surface area contributed by atoms with Crippen LogP contribution in [0.15, 0.2) is 79.0 Å². The topological polar surface area (TPSA) is 98.0 Å². The van der Waals surface area contributed by atoms with Crippen molar-refractivity contribution in [3.8, 4) is 45.1 Å². The number of carboxylic acid groups (broad SMARTS) is 1. The number of fused-ring (bicyclic) bond motifs is 2. The van der Waals surface area contributed by atoms with Gasteiger partial charge in [0.1, 0.15) is 13.2 Å². The summed E-state index contributed by atoms with van der Waals surface area (Å²) in [6.07, 6.45) is 2.12. The van der Waals surface area contributed by atoms with Gasteiger partial charge in [-0.05, 0) is 64.6 Å². The molecule has 0 bridgehead atoms. The summed E-state index contributed by atoms with van der Waals surface area (Å²) in [7, 11) is 0. The molecule has 0 fully saturated rings. The molecule has 0 radical (unpaired) electrons. The molecule has 1 aliphatic heterocycles. The Morgan fingerprint density at radius 1 is 0.897 bits per heavy atom. The number of benzene rings is 3. The Hall–Kier alpha value is -4.69. The lowest BCUT2D eigenvalue weighted by Crippen LogP contribution is -2.17. The molecule has 3 heterocycles. The third-order valence-corrected chi connectivity index (χ3v) is 6.96. The number of carbonyl (C=O) groups is 1. The van der Waals surface area contributed by atoms with Crippen LogP contribution in [0, 0.1) is 6.92 Å². The normalized spacial score (nSPS) is 12.5. The van der Waals surface area contributed by atoms with E-state index in [2.05, 4.69) is 58.8 Å². The molecule has 0 atom stereocenters. The molecule has 5 aromatic rings. The first-order valence-electron chi connectivity index (χ1n) is 12.9. The number of hydrogen-bond acceptors (Lipinski definition) is 6. The summed E-state index contributed by atoms with van der Waals surface area (Å²) >= 11 is 0. The second-order valence-electron chi connectivity index (χ2n) is 9.52. The van der Waals surface area contributed by atoms with Gasteiger partial charge in [-0.3, -0.25) is 9.20 Å². The Kier molecular flexibility index (Phi) is 6.69. The highest BCUT2D eigenvalue weighted by molar-refractivity contribution is 5.80. The zero-order valence-corrected chi connectivity index (χ0v) is 21.6. The summed E-state index contributed by atoms with van der Waals surface area (Å²) in [5.41, 5.74) is 8.41. The predicted molar refractivity (Wildman–Crippen MR) is 149 cm³/mol. The van der Waals surface area contributed by atoms with Crippen LogP contribution in [0.4, 0.5) is 0 Å². The summed E-state index contributed by atoms with van der Waals surface area (Å²) in [4.78, 5) is 10.7. The molecule has 8 nitrogen and oxygen atoms in total. The minimum Gasteiger partial charge on any atom is -0.486 e. The van der Waals surface area contributed by atoms with E-state index in [0.717, 1.165) is 56.4 Å². The highest BCUT2D eigenvalue weighted by atomic mass is 16.6. The lowest BCUT2D eigenvalue weighted by atomic mass is 9.93. The molecule has 8 heteroatoms. The zero-order chi connectivity index (χ0) is 26.8. The van der Waals surface area contributed by atoms with E-state index in [1.165, 1.54) is 5.56 Å². The molecule has 6 rings (SSSR count). The SMILES string of the molecule is Cc1c(-c2ccc3c(c2)OCCO3)cccc1-c1ccn2c(-c3ccc(CNCCC(=O)O)cc3)nnc2c1. The van der Waals surface area contributed by atoms with E-state index in [9.17, 15) is 4.79 Å². The van der Waals surface area contributed by atoms with E-state index in [0.29, 0.717) is 26.3 Å². The molecular weight excluding hydrogens is 492 g/mol. The van der Waals surface area contributed by atoms with Gasteiger partial charge in [0.25, 0.3) is 0 Å². The summed E-state index contributed by atoms with van der Waals surface area (Å²) in [5.74, 6) is 1.53. The average Bonchev–Trinajstić information content (AvgIpc) is 3.39. The highest BCUT2D eigenvalue weighted by Gasteiger charge is 2.16. The number of hydrogen-bond donors (Lipinski definition) is 2. The Bertz CT molecular complexity index is 1660. The standard InChI is InChI=1S/C31H28N4O4/c1-20-25(23-9-10-27-28(17-23)39-16-15-38-27)3-2-4-26(20)24-12-14-35-29(18-24)33-34-31(35)22-7-5-21(6-8-22)19-32-13-11-30(36)37/h2-10,12,14,17-18,32H,11,13,15-16,19H2,1H3,(H,36,37). The molecule has 3 aromatic carbocycles. The van der Waals surface area contributed by atoms with Crippen molar-refractivity contribution in [2.75, 3.05) is 19.8 Å². The van der Waals surface area contributed by atoms with Crippen LogP contribution < -0.4 is 14.8 Å². The van der Waals surface area contributed by atoms with E-state index in [1.54, 1.807) is 0 Å². The zero-order valence-electron chi connectivity index (χ0n) is 21.6. The van der Waals surface area contributed by atoms with Gasteiger partial charge in [-0.15, -0.1) is 10.2 Å². The molecule has 2 N–H and O–H groups in total. The van der Waals surface area contributed by atoms with Crippen LogP contribution in [0.1, 0.15) is 17.5 Å². The lowest BCUT2D eigenvalue weighted by Gasteiger charge is -2.19. The Labute approximate surface area is 225 Å². The van der Waals surface area contributed by atoms with Crippen molar-refractivity contribution in [2.45, 2.75) is 19.9 Å². The van der Waals surface area contributed by atoms with Gasteiger partial charge in [0.2, 0.25) is 0 Å². The number of nitrogens with one attached hydrogen (secondary N) is 1. The average molecular weight is 521 g/mol. The maximum absolute atomic E-state index is 10.7. The quantitative estimate of drug-likeness (QED) is 0.265. The third-order valence-electron chi connectivity index (χ3n) is 6.96. The Morgan fingerprint density at radius 3 is 2.38 bits per heavy atom. The van der Waals surface area contributed by atoms with E-state index < -0.39 is 5.97 Å². The van der Waals surface area contributed by atoms with Crippen molar-refractivity contribution >= 4 is 11.6 Å². The van der Waals surface area contributed by atoms with Gasteiger partial charge in [-0.25, -0.2) is 0 Å². The summed E-state index contributed by atoms with van der Waals surface area (Å²) in [6, 6.07) is 24.6. The van der Waals surface area contributed by atoms with Crippen molar-refractivity contribution in [3.05, 3.63) is 90.1 Å². The minimum atomic E-state index is -0.803. The largest absolute Gasteiger partial charge is 0.486 e. The van der Waals surface area contributed by atoms with Crippen LogP contribution in [0.5, 0.6) is 11.5 Å². The van der Waals surface area contributed by atoms with Gasteiger partial charge in [0.05, 0.1) is 6.42 Å². The van der Waals surface area contributed by atoms with Crippen LogP contribution in [0.3, 0.4) is 0 Å². The number of carboxylic acids is 1. The molecule has 0 amide bonds. The summed E-state index contributed by atoms with van der Waals surface area (Å²) < 4.78 is 13.5. The van der Waals surface area contributed by atoms with Crippen molar-refractivity contribution in [1.29, 1.82) is 0 Å². The monoisotopic (exact) mass is 520 g/mol. The van der Waals surface area contributed by atoms with Gasteiger partial charge in [0.15, 0.2) is 23.0 Å². The van der Waals surface area contributed by atoms with Gasteiger partial charge >= 0.3 is 5.97 Å². The second-order valence-corrected chi connectivity index (χ2v) is 9.52. The minimum absolute atomic E-state index is 0.105. The number of rotatable bonds is 8. The Morgan fingerprint density at radius 2 is 1.62 bits per heavy atom. The first-order chi connectivity index (χ1) is 19.1. The van der Waals surface area contributed by atoms with Crippen LogP contribution in [-0.2, 0) is 11.3 Å². The first kappa shape index (κ1) is 24.6. The molecule has 0 unspecified atom stereocenters. The van der Waals surface area contributed by atoms with Gasteiger partial charge in [0, 0.05) is 24.8 Å². The number of ether oxygens (including phenoxy) is 2. The highest BCUT2D eigenvalue weighted by Crippen LogP contribution is 2.38. The first-order valence-corrected chi connectivity index (χ1v) is 12.9. The van der Waals surface area contributed by atoms with Crippen LogP contribution in [0.2, 0.25) is 0 Å². The molecule has 39 heavy (non-hydrogen) atoms. The van der Waals surface area contributed by atoms with Crippen molar-refractivity contribution in [1.82, 2.24) is 19.9 Å². The number of pyridine rings is 1. The molecule has 0 aliphatic carbocycles. The molecule has 0 saturated heterocycles. The van der Waals surface area contributed by atoms with Crippen LogP contribution in [0.25, 0.3) is 39.3 Å². The smallest absolute Gasteiger partial charge is 0.304 e. The number of aromatic nitrogens is 3. The fourth-order valence-electron chi connectivity index (χ4n) is 4.93. The van der Waals surface area contributed by atoms with Crippen molar-refractivity contribution in [3.63, 3.8) is 0 Å². The van der Waals surface area contributed by atoms with Crippen molar-refractivity contribution < 1.29 is 19.4 Å². The van der Waals surface area contributed by atoms with Gasteiger partial charge < -0.3 is 19.9 Å². The van der Waals surface area contributed by atoms with E-state index >= 15 is 0 Å². The maximum atomic E-state index is 10.7. The van der Waals surface area contributed by atoms with Crippen molar-refractivity contribution in [2.24, 2.45) is 0 Å². The van der Waals surface area contributed by atoms with E-state index in [4.69, 9.17) is 14.6 Å². The number of aliphatic carboxylic acids is 1. The molecule has 196 valence electrons. The lowest BCUT2D eigenvalue weighted by molar-refractivity contribution is -0.136. The van der Waals surface area contributed by atoms with E-state index in [-0.39, 0.29) is 6.42 Å². The molecule has 2 aromatic heterocycles. The summed E-state index contributed by atoms with van der Waals surface area (Å²) in [6.45, 7) is 4.33. The maximum Gasteiger partial charge on any atom is 0.304 e. The molecule has 1 aliphatic rings. The van der Waals surface area contributed by atoms with E-state index in [1.807, 2.05) is 47.0 Å². The Balaban J connectivity index is 1.25. The fraction of sp³-hybridized carbons (Fsp3) is 0.194. The van der Waals surface area contributed by atoms with Crippen LogP contribution >= 0.6 is 0 Å². The molecular formula is C31H28N4O4. The van der Waals surface area contributed by atoms with Gasteiger partial charge in [-0.2, -0.15) is 0 Å². The number of nitrogens with zero attached hydrogens (tertiary/aromatic N) is 3. The molecule has 0 spiro atoms. The molecule has 0 saturated carbocycles. The van der Waals surface area contributed by atoms with Crippen LogP contribution in [-0.4, -0.2) is 45.4 Å². The predicted octanol–water partition coefficient (Wildman–Crippen LogP) is 5.37.